The average molecular weight is 185 g/mol. The third kappa shape index (κ3) is 0.861. The summed E-state index contributed by atoms with van der Waals surface area (Å²) in [4.78, 5) is 7.25. The molecule has 0 saturated carbocycles. The highest BCUT2D eigenvalue weighted by Gasteiger charge is 2.06. The van der Waals surface area contributed by atoms with Crippen molar-refractivity contribution >= 4 is 28.0 Å². The summed E-state index contributed by atoms with van der Waals surface area (Å²) in [6.45, 7) is 0. The zero-order chi connectivity index (χ0) is 9.54. The molecule has 0 spiro atoms. The van der Waals surface area contributed by atoms with Crippen LogP contribution in [0.1, 0.15) is 0 Å². The predicted molar refractivity (Wildman–Crippen MR) is 53.6 cm³/mol. The molecule has 0 bridgehead atoms. The molecular weight excluding hydrogens is 178 g/mol. The number of hydrogen-bond donors (Lipinski definition) is 2. The normalized spacial score (nSPS) is 11.1. The maximum Gasteiger partial charge on any atom is 0.240 e. The second-order valence-electron chi connectivity index (χ2n) is 3.04. The van der Waals surface area contributed by atoms with Crippen molar-refractivity contribution in [3.8, 4) is 0 Å². The molecule has 5 nitrogen and oxygen atoms in total. The van der Waals surface area contributed by atoms with Crippen LogP contribution in [-0.4, -0.2) is 20.2 Å². The van der Waals surface area contributed by atoms with E-state index in [4.69, 9.17) is 5.73 Å². The van der Waals surface area contributed by atoms with Gasteiger partial charge in [-0.05, 0) is 6.07 Å². The largest absolute Gasteiger partial charge is 0.366 e. The van der Waals surface area contributed by atoms with Crippen LogP contribution in [0.4, 0.5) is 5.95 Å². The first-order valence-corrected chi connectivity index (χ1v) is 4.21. The number of nitrogens with two attached hydrogens (primary N) is 1. The van der Waals surface area contributed by atoms with Crippen molar-refractivity contribution in [3.63, 3.8) is 0 Å². The summed E-state index contributed by atoms with van der Waals surface area (Å²) in [6, 6.07) is 7.85. The maximum atomic E-state index is 5.48. The minimum atomic E-state index is 0.197. The Hall–Kier alpha value is -2.17. The van der Waals surface area contributed by atoms with Gasteiger partial charge in [-0.1, -0.05) is 18.2 Å². The molecule has 1 aromatic carbocycles. The van der Waals surface area contributed by atoms with Crippen LogP contribution in [0.3, 0.4) is 0 Å². The highest BCUT2D eigenvalue weighted by atomic mass is 15.2. The number of nitrogen functional groups attached to an aromatic ring is 1. The number of H-pyrrole nitrogens is 1. The Morgan fingerprint density at radius 1 is 1.14 bits per heavy atom. The Morgan fingerprint density at radius 2 is 2.00 bits per heavy atom. The Kier molecular flexibility index (Phi) is 1.25. The van der Waals surface area contributed by atoms with E-state index in [-0.39, 0.29) is 5.95 Å². The minimum Gasteiger partial charge on any atom is -0.366 e. The van der Waals surface area contributed by atoms with E-state index in [0.717, 1.165) is 16.4 Å². The van der Waals surface area contributed by atoms with Gasteiger partial charge >= 0.3 is 0 Å². The molecule has 5 heteroatoms. The van der Waals surface area contributed by atoms with E-state index in [2.05, 4.69) is 20.2 Å². The highest BCUT2D eigenvalue weighted by Crippen LogP contribution is 2.21. The summed E-state index contributed by atoms with van der Waals surface area (Å²) < 4.78 is 0. The molecule has 0 aliphatic heterocycles. The van der Waals surface area contributed by atoms with Gasteiger partial charge in [0.2, 0.25) is 5.95 Å². The summed E-state index contributed by atoms with van der Waals surface area (Å²) in [6.07, 6.45) is 0. The van der Waals surface area contributed by atoms with Crippen LogP contribution >= 0.6 is 0 Å². The van der Waals surface area contributed by atoms with Crippen LogP contribution in [0.15, 0.2) is 24.3 Å². The predicted octanol–water partition coefficient (Wildman–Crippen LogP) is 1.09. The van der Waals surface area contributed by atoms with Gasteiger partial charge in [-0.15, -0.1) is 10.2 Å². The third-order valence-corrected chi connectivity index (χ3v) is 2.14. The first kappa shape index (κ1) is 7.25. The lowest BCUT2D eigenvalue weighted by atomic mass is 10.2. The van der Waals surface area contributed by atoms with Gasteiger partial charge < -0.3 is 10.7 Å². The molecule has 68 valence electrons. The van der Waals surface area contributed by atoms with E-state index in [1.165, 1.54) is 0 Å². The number of para-hydroxylation sites is 1. The fraction of sp³-hybridized carbons (Fsp3) is 0. The van der Waals surface area contributed by atoms with Crippen LogP contribution < -0.4 is 5.73 Å². The van der Waals surface area contributed by atoms with E-state index in [1.54, 1.807) is 0 Å². The van der Waals surface area contributed by atoms with Gasteiger partial charge in [0, 0.05) is 10.9 Å². The molecule has 0 aliphatic rings. The number of nitrogens with one attached hydrogen (secondary N) is 1. The molecule has 2 aromatic heterocycles. The number of hydrogen-bond acceptors (Lipinski definition) is 4. The molecule has 3 aromatic rings. The van der Waals surface area contributed by atoms with Gasteiger partial charge in [0.25, 0.3) is 0 Å². The highest BCUT2D eigenvalue weighted by molar-refractivity contribution is 6.03. The van der Waals surface area contributed by atoms with Crippen molar-refractivity contribution in [3.05, 3.63) is 24.3 Å². The number of rotatable bonds is 0. The topological polar surface area (TPSA) is 80.5 Å². The van der Waals surface area contributed by atoms with Gasteiger partial charge in [-0.3, -0.25) is 0 Å². The molecule has 3 N–H and O–H groups in total. The van der Waals surface area contributed by atoms with Crippen LogP contribution in [0, 0.1) is 0 Å². The van der Waals surface area contributed by atoms with Crippen molar-refractivity contribution in [2.45, 2.75) is 0 Å². The summed E-state index contributed by atoms with van der Waals surface area (Å²) in [5, 5.41) is 8.63. The molecular formula is C9H7N5. The summed E-state index contributed by atoms with van der Waals surface area (Å²) in [5.41, 5.74) is 7.91. The first-order chi connectivity index (χ1) is 6.84. The van der Waals surface area contributed by atoms with E-state index >= 15 is 0 Å². The summed E-state index contributed by atoms with van der Waals surface area (Å²) in [7, 11) is 0. The number of aromatic nitrogens is 4. The fourth-order valence-corrected chi connectivity index (χ4v) is 1.54. The van der Waals surface area contributed by atoms with E-state index in [1.807, 2.05) is 24.3 Å². The fourth-order valence-electron chi connectivity index (χ4n) is 1.54. The maximum absolute atomic E-state index is 5.48. The van der Waals surface area contributed by atoms with Gasteiger partial charge in [0.1, 0.15) is 5.52 Å². The summed E-state index contributed by atoms with van der Waals surface area (Å²) >= 11 is 0. The summed E-state index contributed by atoms with van der Waals surface area (Å²) in [5.74, 6) is 0.197. The Bertz CT molecular complexity index is 613. The Balaban J connectivity index is 2.58. The SMILES string of the molecule is Nc1nnc2[nH]c3ccccc3c2n1. The molecule has 2 heterocycles. The van der Waals surface area contributed by atoms with Gasteiger partial charge in [-0.25, -0.2) is 4.98 Å². The van der Waals surface area contributed by atoms with Crippen molar-refractivity contribution in [1.82, 2.24) is 20.2 Å². The molecule has 0 aliphatic carbocycles. The number of fused-ring (bicyclic) bond motifs is 3. The molecule has 0 radical (unpaired) electrons. The van der Waals surface area contributed by atoms with E-state index in [9.17, 15) is 0 Å². The van der Waals surface area contributed by atoms with Crippen LogP contribution in [0.2, 0.25) is 0 Å². The van der Waals surface area contributed by atoms with Crippen molar-refractivity contribution in [1.29, 1.82) is 0 Å². The third-order valence-electron chi connectivity index (χ3n) is 2.14. The Morgan fingerprint density at radius 3 is 2.93 bits per heavy atom. The zero-order valence-corrected chi connectivity index (χ0v) is 7.23. The first-order valence-electron chi connectivity index (χ1n) is 4.21. The number of anilines is 1. The molecule has 0 saturated heterocycles. The molecule has 14 heavy (non-hydrogen) atoms. The van der Waals surface area contributed by atoms with E-state index < -0.39 is 0 Å². The van der Waals surface area contributed by atoms with Crippen LogP contribution in [0.5, 0.6) is 0 Å². The van der Waals surface area contributed by atoms with Gasteiger partial charge in [-0.2, -0.15) is 0 Å². The van der Waals surface area contributed by atoms with Gasteiger partial charge in [0.05, 0.1) is 0 Å². The lowest BCUT2D eigenvalue weighted by molar-refractivity contribution is 1.03. The molecule has 3 rings (SSSR count). The minimum absolute atomic E-state index is 0.197. The van der Waals surface area contributed by atoms with Crippen LogP contribution in [0.25, 0.3) is 22.1 Å². The van der Waals surface area contributed by atoms with Gasteiger partial charge in [0.15, 0.2) is 5.65 Å². The molecule has 0 unspecified atom stereocenters. The Labute approximate surface area is 79.0 Å². The zero-order valence-electron chi connectivity index (χ0n) is 7.23. The standard InChI is InChI=1S/C9H7N5/c10-9-12-7-5-3-1-2-4-6(5)11-8(7)13-14-9/h1-4H,(H,11,13)(H2,10,12,14). The average Bonchev–Trinajstić information content (AvgIpc) is 2.56. The van der Waals surface area contributed by atoms with E-state index in [0.29, 0.717) is 5.65 Å². The second-order valence-corrected chi connectivity index (χ2v) is 3.04. The molecule has 0 atom stereocenters. The van der Waals surface area contributed by atoms with Crippen molar-refractivity contribution in [2.24, 2.45) is 0 Å². The number of nitrogens with zero attached hydrogens (tertiary/aromatic N) is 3. The number of benzene rings is 1. The lowest BCUT2D eigenvalue weighted by Crippen LogP contribution is -1.96. The lowest BCUT2D eigenvalue weighted by Gasteiger charge is -1.89. The number of aromatic amines is 1. The second kappa shape index (κ2) is 2.41. The molecule has 0 amide bonds. The smallest absolute Gasteiger partial charge is 0.240 e. The molecule has 0 fully saturated rings. The van der Waals surface area contributed by atoms with Crippen molar-refractivity contribution in [2.75, 3.05) is 5.73 Å². The monoisotopic (exact) mass is 185 g/mol. The quantitative estimate of drug-likeness (QED) is 0.549. The van der Waals surface area contributed by atoms with Crippen molar-refractivity contribution < 1.29 is 0 Å². The van der Waals surface area contributed by atoms with Crippen LogP contribution in [-0.2, 0) is 0 Å².